The Morgan fingerprint density at radius 1 is 1.07 bits per heavy atom. The van der Waals surface area contributed by atoms with E-state index in [1.165, 1.54) is 11.8 Å². The molecule has 0 aliphatic carbocycles. The van der Waals surface area contributed by atoms with Crippen LogP contribution in [0.15, 0.2) is 59.6 Å². The maximum Gasteiger partial charge on any atom is 0.266 e. The van der Waals surface area contributed by atoms with Crippen molar-refractivity contribution in [3.05, 3.63) is 71.0 Å². The summed E-state index contributed by atoms with van der Waals surface area (Å²) in [6.07, 6.45) is 7.22. The number of aryl methyl sites for hydroxylation is 1. The highest BCUT2D eigenvalue weighted by Crippen LogP contribution is 2.36. The summed E-state index contributed by atoms with van der Waals surface area (Å²) in [6, 6.07) is 16.3. The number of hydrogen-bond donors (Lipinski definition) is 1. The second-order valence-corrected chi connectivity index (χ2v) is 12.1. The minimum atomic E-state index is -0.0441. The fraction of sp³-hybridized carbons (Fsp3) is 0.355. The number of hydrogen-bond acceptors (Lipinski definition) is 10. The number of H-pyrrole nitrogens is 1. The molecule has 222 valence electrons. The Balaban J connectivity index is 1.17. The van der Waals surface area contributed by atoms with Gasteiger partial charge in [0, 0.05) is 49.7 Å². The Morgan fingerprint density at radius 3 is 2.84 bits per heavy atom. The van der Waals surface area contributed by atoms with Crippen LogP contribution in [-0.4, -0.2) is 91.6 Å². The molecule has 2 fully saturated rings. The first kappa shape index (κ1) is 29.4. The number of nitrogens with one attached hydrogen (secondary N) is 1. The van der Waals surface area contributed by atoms with Gasteiger partial charge in [-0.1, -0.05) is 53.8 Å². The summed E-state index contributed by atoms with van der Waals surface area (Å²) in [6.45, 7) is 5.38. The molecule has 0 unspecified atom stereocenters. The van der Waals surface area contributed by atoms with Crippen LogP contribution in [0.1, 0.15) is 30.7 Å². The number of pyridine rings is 1. The van der Waals surface area contributed by atoms with Crippen LogP contribution in [0.4, 0.5) is 0 Å². The van der Waals surface area contributed by atoms with E-state index >= 15 is 0 Å². The monoisotopic (exact) mass is 615 g/mol. The molecule has 1 N–H and O–H groups in total. The molecule has 6 rings (SSSR count). The van der Waals surface area contributed by atoms with E-state index in [0.717, 1.165) is 91.9 Å². The minimum absolute atomic E-state index is 0.0441. The number of fused-ring (bicyclic) bond motifs is 1. The molecule has 4 heterocycles. The van der Waals surface area contributed by atoms with Crippen LogP contribution in [0.2, 0.25) is 0 Å². The highest BCUT2D eigenvalue weighted by atomic mass is 32.2. The van der Waals surface area contributed by atoms with Gasteiger partial charge in [0.2, 0.25) is 0 Å². The van der Waals surface area contributed by atoms with Crippen molar-refractivity contribution in [3.63, 3.8) is 0 Å². The molecule has 43 heavy (non-hydrogen) atoms. The standard InChI is InChI=1S/C31H33N7O3S2/c39-30-28(43-31(42)38(30)12-3-1-2-6-29-33-35-36-34-29)20-22-7-10-27(41-18-15-37-13-16-40-17-14-37)25(19-22)23-8-9-26-24(21-23)5-4-11-32-26/h4-5,7-11,19-21H,1-3,6,12-18H2,(H,33,34,35,36). The molecule has 2 saturated heterocycles. The van der Waals surface area contributed by atoms with E-state index in [-0.39, 0.29) is 5.91 Å². The van der Waals surface area contributed by atoms with Gasteiger partial charge in [-0.2, -0.15) is 5.21 Å². The molecule has 0 radical (unpaired) electrons. The van der Waals surface area contributed by atoms with Crippen molar-refractivity contribution in [2.75, 3.05) is 46.0 Å². The van der Waals surface area contributed by atoms with Gasteiger partial charge < -0.3 is 9.47 Å². The first-order valence-electron chi connectivity index (χ1n) is 14.5. The van der Waals surface area contributed by atoms with Crippen LogP contribution in [-0.2, 0) is 16.0 Å². The van der Waals surface area contributed by atoms with Gasteiger partial charge in [-0.05, 0) is 60.4 Å². The Morgan fingerprint density at radius 2 is 1.98 bits per heavy atom. The van der Waals surface area contributed by atoms with E-state index < -0.39 is 0 Å². The van der Waals surface area contributed by atoms with Gasteiger partial charge in [0.25, 0.3) is 5.91 Å². The number of thiocarbonyl (C=S) groups is 1. The number of amides is 1. The zero-order valence-corrected chi connectivity index (χ0v) is 25.4. The predicted octanol–water partition coefficient (Wildman–Crippen LogP) is 4.74. The van der Waals surface area contributed by atoms with Crippen LogP contribution >= 0.6 is 24.0 Å². The molecule has 0 bridgehead atoms. The van der Waals surface area contributed by atoms with Crippen LogP contribution < -0.4 is 4.74 Å². The van der Waals surface area contributed by atoms with Gasteiger partial charge in [-0.15, -0.1) is 10.2 Å². The molecule has 2 aromatic carbocycles. The molecule has 2 aliphatic rings. The van der Waals surface area contributed by atoms with Crippen LogP contribution in [0.5, 0.6) is 5.75 Å². The molecule has 0 atom stereocenters. The SMILES string of the molecule is O=C1C(=Cc2ccc(OCCN3CCOCC3)c(-c3ccc4ncccc4c3)c2)SC(=S)N1CCCCCc1nn[nH]n1. The number of aromatic nitrogens is 5. The summed E-state index contributed by atoms with van der Waals surface area (Å²) in [4.78, 5) is 22.5. The number of thioether (sulfide) groups is 1. The highest BCUT2D eigenvalue weighted by Gasteiger charge is 2.31. The molecule has 2 aromatic heterocycles. The molecule has 1 amide bonds. The lowest BCUT2D eigenvalue weighted by molar-refractivity contribution is -0.122. The second kappa shape index (κ2) is 14.2. The van der Waals surface area contributed by atoms with Gasteiger partial charge in [0.1, 0.15) is 16.7 Å². The summed E-state index contributed by atoms with van der Waals surface area (Å²) in [7, 11) is 0. The van der Waals surface area contributed by atoms with E-state index in [9.17, 15) is 4.79 Å². The average molecular weight is 616 g/mol. The number of aromatic amines is 1. The van der Waals surface area contributed by atoms with Crippen LogP contribution in [0, 0.1) is 0 Å². The van der Waals surface area contributed by atoms with Gasteiger partial charge >= 0.3 is 0 Å². The third-order valence-electron chi connectivity index (χ3n) is 7.53. The minimum Gasteiger partial charge on any atom is -0.492 e. The number of unbranched alkanes of at least 4 members (excludes halogenated alkanes) is 2. The predicted molar refractivity (Wildman–Crippen MR) is 172 cm³/mol. The molecule has 0 spiro atoms. The zero-order chi connectivity index (χ0) is 29.4. The molecule has 12 heteroatoms. The summed E-state index contributed by atoms with van der Waals surface area (Å²) < 4.78 is 12.4. The van der Waals surface area contributed by atoms with E-state index in [1.807, 2.05) is 30.3 Å². The van der Waals surface area contributed by atoms with E-state index in [1.54, 1.807) is 11.1 Å². The number of carbonyl (C=O) groups is 1. The molecule has 0 saturated carbocycles. The number of ether oxygens (including phenoxy) is 2. The van der Waals surface area contributed by atoms with Crippen molar-refractivity contribution in [1.82, 2.24) is 35.4 Å². The fourth-order valence-electron chi connectivity index (χ4n) is 5.20. The topological polar surface area (TPSA) is 109 Å². The van der Waals surface area contributed by atoms with E-state index in [0.29, 0.717) is 28.2 Å². The average Bonchev–Trinajstić information content (AvgIpc) is 3.65. The van der Waals surface area contributed by atoms with E-state index in [2.05, 4.69) is 54.8 Å². The zero-order valence-electron chi connectivity index (χ0n) is 23.8. The van der Waals surface area contributed by atoms with Crippen molar-refractivity contribution in [2.45, 2.75) is 25.7 Å². The number of rotatable bonds is 12. The third kappa shape index (κ3) is 7.45. The van der Waals surface area contributed by atoms with Gasteiger partial charge in [0.15, 0.2) is 5.82 Å². The lowest BCUT2D eigenvalue weighted by Gasteiger charge is -2.26. The number of benzene rings is 2. The maximum absolute atomic E-state index is 13.3. The first-order chi connectivity index (χ1) is 21.1. The van der Waals surface area contributed by atoms with E-state index in [4.69, 9.17) is 21.7 Å². The summed E-state index contributed by atoms with van der Waals surface area (Å²) in [5, 5.41) is 15.1. The number of tetrazole rings is 1. The van der Waals surface area contributed by atoms with Crippen molar-refractivity contribution < 1.29 is 14.3 Å². The molecular weight excluding hydrogens is 583 g/mol. The number of nitrogens with zero attached hydrogens (tertiary/aromatic N) is 6. The normalized spacial score (nSPS) is 16.9. The first-order valence-corrected chi connectivity index (χ1v) is 15.8. The summed E-state index contributed by atoms with van der Waals surface area (Å²) in [5.41, 5.74) is 3.86. The second-order valence-electron chi connectivity index (χ2n) is 10.4. The number of carbonyl (C=O) groups excluding carboxylic acids is 1. The van der Waals surface area contributed by atoms with Crippen molar-refractivity contribution >= 4 is 51.2 Å². The smallest absolute Gasteiger partial charge is 0.266 e. The maximum atomic E-state index is 13.3. The number of morpholine rings is 1. The lowest BCUT2D eigenvalue weighted by Crippen LogP contribution is -2.38. The Kier molecular flexibility index (Phi) is 9.68. The molecule has 2 aliphatic heterocycles. The summed E-state index contributed by atoms with van der Waals surface area (Å²) >= 11 is 6.94. The molecule has 10 nitrogen and oxygen atoms in total. The summed E-state index contributed by atoms with van der Waals surface area (Å²) in [5.74, 6) is 1.47. The fourth-order valence-corrected chi connectivity index (χ4v) is 6.51. The Labute approximate surface area is 259 Å². The largest absolute Gasteiger partial charge is 0.492 e. The van der Waals surface area contributed by atoms with Crippen LogP contribution in [0.3, 0.4) is 0 Å². The van der Waals surface area contributed by atoms with Gasteiger partial charge in [-0.25, -0.2) is 0 Å². The highest BCUT2D eigenvalue weighted by molar-refractivity contribution is 8.26. The molecule has 4 aromatic rings. The van der Waals surface area contributed by atoms with Gasteiger partial charge in [0.05, 0.1) is 23.6 Å². The molecular formula is C31H33N7O3S2. The van der Waals surface area contributed by atoms with Crippen molar-refractivity contribution in [3.8, 4) is 16.9 Å². The Bertz CT molecular complexity index is 1610. The van der Waals surface area contributed by atoms with Gasteiger partial charge in [-0.3, -0.25) is 19.6 Å². The quantitative estimate of drug-likeness (QED) is 0.136. The third-order valence-corrected chi connectivity index (χ3v) is 8.91. The lowest BCUT2D eigenvalue weighted by atomic mass is 9.99. The van der Waals surface area contributed by atoms with Crippen molar-refractivity contribution in [2.24, 2.45) is 0 Å². The van der Waals surface area contributed by atoms with Crippen molar-refractivity contribution in [1.29, 1.82) is 0 Å². The Hall–Kier alpha value is -3.71. The van der Waals surface area contributed by atoms with Crippen LogP contribution in [0.25, 0.3) is 28.1 Å².